The summed E-state index contributed by atoms with van der Waals surface area (Å²) in [5, 5.41) is 6.85. The summed E-state index contributed by atoms with van der Waals surface area (Å²) in [6, 6.07) is 8.65. The summed E-state index contributed by atoms with van der Waals surface area (Å²) < 4.78 is 4.93. The molecule has 2 N–H and O–H groups in total. The third-order valence-electron chi connectivity index (χ3n) is 3.03. The van der Waals surface area contributed by atoms with Crippen molar-refractivity contribution in [1.82, 2.24) is 10.3 Å². The van der Waals surface area contributed by atoms with Gasteiger partial charge in [-0.25, -0.2) is 4.98 Å². The second kappa shape index (κ2) is 8.72. The highest BCUT2D eigenvalue weighted by Gasteiger charge is 2.06. The van der Waals surface area contributed by atoms with Gasteiger partial charge in [-0.1, -0.05) is 23.2 Å². The number of amides is 1. The smallest absolute Gasteiger partial charge is 0.252 e. The first-order valence-electron chi connectivity index (χ1n) is 7.05. The van der Waals surface area contributed by atoms with Gasteiger partial charge in [0.15, 0.2) is 0 Å². The van der Waals surface area contributed by atoms with Crippen LogP contribution in [0.25, 0.3) is 0 Å². The number of rotatable bonds is 7. The maximum atomic E-state index is 11.9. The summed E-state index contributed by atoms with van der Waals surface area (Å²) in [6.45, 7) is 1.18. The fourth-order valence-corrected chi connectivity index (χ4v) is 2.14. The van der Waals surface area contributed by atoms with Gasteiger partial charge in [-0.3, -0.25) is 4.79 Å². The lowest BCUT2D eigenvalue weighted by Crippen LogP contribution is -2.25. The number of nitrogens with zero attached hydrogens (tertiary/aromatic N) is 1. The Bertz CT molecular complexity index is 663. The molecule has 1 heterocycles. The van der Waals surface area contributed by atoms with Crippen molar-refractivity contribution in [2.75, 3.05) is 25.6 Å². The average Bonchev–Trinajstić information content (AvgIpc) is 2.55. The van der Waals surface area contributed by atoms with Gasteiger partial charge < -0.3 is 15.4 Å². The highest BCUT2D eigenvalue weighted by Crippen LogP contribution is 2.26. The van der Waals surface area contributed by atoms with E-state index in [1.165, 1.54) is 6.20 Å². The third kappa shape index (κ3) is 5.39. The van der Waals surface area contributed by atoms with Crippen LogP contribution in [0.4, 0.5) is 11.5 Å². The van der Waals surface area contributed by atoms with Crippen molar-refractivity contribution in [3.63, 3.8) is 0 Å². The van der Waals surface area contributed by atoms with E-state index in [9.17, 15) is 4.79 Å². The molecular weight excluding hydrogens is 337 g/mol. The summed E-state index contributed by atoms with van der Waals surface area (Å²) in [4.78, 5) is 16.1. The van der Waals surface area contributed by atoms with Gasteiger partial charge in [-0.15, -0.1) is 0 Å². The summed E-state index contributed by atoms with van der Waals surface area (Å²) in [7, 11) is 1.63. The number of carbonyl (C=O) groups is 1. The van der Waals surface area contributed by atoms with E-state index in [0.29, 0.717) is 34.6 Å². The first kappa shape index (κ1) is 17.5. The normalized spacial score (nSPS) is 10.4. The number of aromatic nitrogens is 1. The van der Waals surface area contributed by atoms with Gasteiger partial charge in [-0.05, 0) is 36.8 Å². The van der Waals surface area contributed by atoms with Crippen molar-refractivity contribution < 1.29 is 9.53 Å². The maximum Gasteiger partial charge on any atom is 0.252 e. The molecule has 7 heteroatoms. The van der Waals surface area contributed by atoms with E-state index >= 15 is 0 Å². The molecule has 0 spiro atoms. The molecule has 0 atom stereocenters. The largest absolute Gasteiger partial charge is 0.385 e. The molecule has 1 aromatic heterocycles. The Morgan fingerprint density at radius 1 is 1.22 bits per heavy atom. The van der Waals surface area contributed by atoms with E-state index in [4.69, 9.17) is 27.9 Å². The molecule has 2 aromatic rings. The summed E-state index contributed by atoms with van der Waals surface area (Å²) >= 11 is 11.8. The van der Waals surface area contributed by atoms with Gasteiger partial charge in [0.25, 0.3) is 5.91 Å². The minimum atomic E-state index is -0.158. The number of hydrogen-bond donors (Lipinski definition) is 2. The third-order valence-corrected chi connectivity index (χ3v) is 3.77. The van der Waals surface area contributed by atoms with Gasteiger partial charge in [0.1, 0.15) is 5.82 Å². The van der Waals surface area contributed by atoms with Gasteiger partial charge in [0.05, 0.1) is 15.6 Å². The number of ether oxygens (including phenoxy) is 1. The highest BCUT2D eigenvalue weighted by molar-refractivity contribution is 6.42. The summed E-state index contributed by atoms with van der Waals surface area (Å²) in [5.74, 6) is 0.453. The van der Waals surface area contributed by atoms with Crippen molar-refractivity contribution in [1.29, 1.82) is 0 Å². The minimum absolute atomic E-state index is 0.158. The van der Waals surface area contributed by atoms with E-state index in [1.54, 1.807) is 37.4 Å². The Labute approximate surface area is 145 Å². The van der Waals surface area contributed by atoms with Crippen molar-refractivity contribution in [2.45, 2.75) is 6.42 Å². The molecule has 0 aliphatic heterocycles. The molecule has 0 unspecified atom stereocenters. The molecule has 0 aliphatic carbocycles. The molecule has 1 aromatic carbocycles. The fraction of sp³-hybridized carbons (Fsp3) is 0.250. The number of hydrogen-bond acceptors (Lipinski definition) is 4. The predicted octanol–water partition coefficient (Wildman–Crippen LogP) is 3.90. The predicted molar refractivity (Wildman–Crippen MR) is 92.8 cm³/mol. The molecule has 122 valence electrons. The SMILES string of the molecule is COCCCNC(=O)c1ccc(Nc2ccc(Cl)c(Cl)c2)nc1. The Morgan fingerprint density at radius 3 is 2.70 bits per heavy atom. The number of pyridine rings is 1. The van der Waals surface area contributed by atoms with Crippen molar-refractivity contribution in [2.24, 2.45) is 0 Å². The van der Waals surface area contributed by atoms with Crippen LogP contribution in [0, 0.1) is 0 Å². The lowest BCUT2D eigenvalue weighted by Gasteiger charge is -2.08. The van der Waals surface area contributed by atoms with Crippen LogP contribution in [-0.2, 0) is 4.74 Å². The molecule has 0 saturated heterocycles. The summed E-state index contributed by atoms with van der Waals surface area (Å²) in [6.07, 6.45) is 2.29. The van der Waals surface area contributed by atoms with Crippen LogP contribution in [0.3, 0.4) is 0 Å². The van der Waals surface area contributed by atoms with Crippen LogP contribution in [0.1, 0.15) is 16.8 Å². The second-order valence-electron chi connectivity index (χ2n) is 4.79. The zero-order valence-corrected chi connectivity index (χ0v) is 14.1. The highest BCUT2D eigenvalue weighted by atomic mass is 35.5. The molecule has 0 bridgehead atoms. The van der Waals surface area contributed by atoms with Crippen LogP contribution < -0.4 is 10.6 Å². The summed E-state index contributed by atoms with van der Waals surface area (Å²) in [5.41, 5.74) is 1.27. The minimum Gasteiger partial charge on any atom is -0.385 e. The van der Waals surface area contributed by atoms with Gasteiger partial charge >= 0.3 is 0 Å². The van der Waals surface area contributed by atoms with Crippen LogP contribution in [0.2, 0.25) is 10.0 Å². The van der Waals surface area contributed by atoms with E-state index in [0.717, 1.165) is 12.1 Å². The van der Waals surface area contributed by atoms with Crippen LogP contribution in [0.15, 0.2) is 36.5 Å². The quantitative estimate of drug-likeness (QED) is 0.741. The van der Waals surface area contributed by atoms with Crippen molar-refractivity contribution >= 4 is 40.6 Å². The molecule has 0 aliphatic rings. The second-order valence-corrected chi connectivity index (χ2v) is 5.60. The number of nitrogens with one attached hydrogen (secondary N) is 2. The number of anilines is 2. The lowest BCUT2D eigenvalue weighted by atomic mass is 10.2. The zero-order chi connectivity index (χ0) is 16.7. The van der Waals surface area contributed by atoms with Crippen LogP contribution in [0.5, 0.6) is 0 Å². The first-order valence-corrected chi connectivity index (χ1v) is 7.81. The Balaban J connectivity index is 1.93. The molecular formula is C16H17Cl2N3O2. The Morgan fingerprint density at radius 2 is 2.04 bits per heavy atom. The number of carbonyl (C=O) groups excluding carboxylic acids is 1. The van der Waals surface area contributed by atoms with Gasteiger partial charge in [-0.2, -0.15) is 0 Å². The van der Waals surface area contributed by atoms with Crippen molar-refractivity contribution in [3.05, 3.63) is 52.1 Å². The standard InChI is InChI=1S/C16H17Cl2N3O2/c1-23-8-2-7-19-16(22)11-3-6-15(20-10-11)21-12-4-5-13(17)14(18)9-12/h3-6,9-10H,2,7-8H2,1H3,(H,19,22)(H,20,21). The van der Waals surface area contributed by atoms with E-state index in [-0.39, 0.29) is 5.91 Å². The number of halogens is 2. The van der Waals surface area contributed by atoms with E-state index in [1.807, 2.05) is 0 Å². The van der Waals surface area contributed by atoms with E-state index < -0.39 is 0 Å². The average molecular weight is 354 g/mol. The first-order chi connectivity index (χ1) is 11.1. The molecule has 2 rings (SSSR count). The zero-order valence-electron chi connectivity index (χ0n) is 12.6. The topological polar surface area (TPSA) is 63.2 Å². The monoisotopic (exact) mass is 353 g/mol. The van der Waals surface area contributed by atoms with Gasteiger partial charge in [0, 0.05) is 32.1 Å². The Kier molecular flexibility index (Phi) is 6.65. The maximum absolute atomic E-state index is 11.9. The lowest BCUT2D eigenvalue weighted by molar-refractivity contribution is 0.0948. The van der Waals surface area contributed by atoms with Crippen LogP contribution in [-0.4, -0.2) is 31.2 Å². The molecule has 0 fully saturated rings. The van der Waals surface area contributed by atoms with Gasteiger partial charge in [0.2, 0.25) is 0 Å². The number of benzene rings is 1. The molecule has 5 nitrogen and oxygen atoms in total. The molecule has 0 radical (unpaired) electrons. The molecule has 0 saturated carbocycles. The molecule has 23 heavy (non-hydrogen) atoms. The van der Waals surface area contributed by atoms with E-state index in [2.05, 4.69) is 15.6 Å². The number of methoxy groups -OCH3 is 1. The van der Waals surface area contributed by atoms with Crippen molar-refractivity contribution in [3.8, 4) is 0 Å². The molecule has 1 amide bonds. The Hall–Kier alpha value is -1.82. The van der Waals surface area contributed by atoms with Crippen LogP contribution >= 0.6 is 23.2 Å². The fourth-order valence-electron chi connectivity index (χ4n) is 1.84.